The van der Waals surface area contributed by atoms with E-state index in [4.69, 9.17) is 4.74 Å². The van der Waals surface area contributed by atoms with Crippen molar-refractivity contribution in [2.75, 3.05) is 11.5 Å². The lowest BCUT2D eigenvalue weighted by Gasteiger charge is -2.19. The third kappa shape index (κ3) is 3.49. The lowest BCUT2D eigenvalue weighted by Crippen LogP contribution is -2.32. The molecule has 1 aliphatic heterocycles. The van der Waals surface area contributed by atoms with Crippen LogP contribution in [0.25, 0.3) is 0 Å². The minimum absolute atomic E-state index is 0.0675. The molecule has 33 heavy (non-hydrogen) atoms. The van der Waals surface area contributed by atoms with Gasteiger partial charge in [-0.15, -0.1) is 0 Å². The largest absolute Gasteiger partial charge is 0.454 e. The Bertz CT molecular complexity index is 1160. The number of hydrogen-bond acceptors (Lipinski definition) is 7. The Kier molecular flexibility index (Phi) is 5.03. The topological polar surface area (TPSA) is 124 Å². The average Bonchev–Trinajstić information content (AvgIpc) is 3.51. The van der Waals surface area contributed by atoms with Crippen LogP contribution in [0, 0.1) is 33.8 Å². The molecule has 4 atom stereocenters. The molecule has 5 rings (SSSR count). The maximum Gasteiger partial charge on any atom is 0.338 e. The summed E-state index contributed by atoms with van der Waals surface area (Å²) < 4.78 is 5.04. The fraction of sp³-hybridized carbons (Fsp3) is 0.333. The molecule has 2 aliphatic carbocycles. The number of amides is 2. The number of hydrogen-bond donors (Lipinski definition) is 0. The minimum Gasteiger partial charge on any atom is -0.454 e. The Morgan fingerprint density at radius 3 is 2.21 bits per heavy atom. The number of anilines is 1. The highest BCUT2D eigenvalue weighted by Crippen LogP contribution is 2.56. The fourth-order valence-electron chi connectivity index (χ4n) is 5.50. The van der Waals surface area contributed by atoms with Gasteiger partial charge < -0.3 is 4.74 Å². The number of ketones is 1. The highest BCUT2D eigenvalue weighted by atomic mass is 16.6. The molecule has 0 radical (unpaired) electrons. The van der Waals surface area contributed by atoms with Crippen molar-refractivity contribution in [2.24, 2.45) is 23.7 Å². The van der Waals surface area contributed by atoms with E-state index in [1.54, 1.807) is 0 Å². The molecule has 2 saturated carbocycles. The molecule has 1 heterocycles. The molecule has 9 heteroatoms. The van der Waals surface area contributed by atoms with Gasteiger partial charge in [-0.25, -0.2) is 4.79 Å². The first-order valence-electron chi connectivity index (χ1n) is 10.8. The molecule has 9 nitrogen and oxygen atoms in total. The molecule has 2 aromatic carbocycles. The van der Waals surface area contributed by atoms with Gasteiger partial charge in [0.1, 0.15) is 0 Å². The first-order valence-corrected chi connectivity index (χ1v) is 10.8. The van der Waals surface area contributed by atoms with Crippen molar-refractivity contribution < 1.29 is 28.8 Å². The van der Waals surface area contributed by atoms with Crippen LogP contribution < -0.4 is 4.90 Å². The maximum atomic E-state index is 12.9. The summed E-state index contributed by atoms with van der Waals surface area (Å²) in [7, 11) is 0. The Hall–Kier alpha value is -3.88. The van der Waals surface area contributed by atoms with Crippen LogP contribution in [0.1, 0.15) is 40.0 Å². The molecule has 3 aliphatic rings. The lowest BCUT2D eigenvalue weighted by atomic mass is 9.81. The van der Waals surface area contributed by atoms with E-state index in [0.717, 1.165) is 25.3 Å². The molecule has 168 valence electrons. The van der Waals surface area contributed by atoms with Crippen LogP contribution in [0.2, 0.25) is 0 Å². The highest BCUT2D eigenvalue weighted by Gasteiger charge is 2.61. The molecule has 2 aromatic rings. The van der Waals surface area contributed by atoms with Gasteiger partial charge in [-0.3, -0.25) is 29.4 Å². The molecule has 0 spiro atoms. The van der Waals surface area contributed by atoms with Crippen LogP contribution in [0.5, 0.6) is 0 Å². The summed E-state index contributed by atoms with van der Waals surface area (Å²) in [5, 5.41) is 10.8. The van der Waals surface area contributed by atoms with Crippen molar-refractivity contribution in [2.45, 2.75) is 19.3 Å². The predicted molar refractivity (Wildman–Crippen MR) is 114 cm³/mol. The lowest BCUT2D eigenvalue weighted by molar-refractivity contribution is -0.384. The number of nitro groups is 1. The number of nitrogens with zero attached hydrogens (tertiary/aromatic N) is 2. The molecule has 2 bridgehead atoms. The SMILES string of the molecule is O=C(COC(=O)c1ccc(N2C(=O)[C@@H]3[C@H]4CC[C@@H](C4)[C@H]3C2=O)cc1)c1cccc([N+](=O)[O-])c1. The summed E-state index contributed by atoms with van der Waals surface area (Å²) in [5.41, 5.74) is 0.414. The maximum absolute atomic E-state index is 12.9. The molecular formula is C24H20N2O7. The monoisotopic (exact) mass is 448 g/mol. The van der Waals surface area contributed by atoms with E-state index in [1.165, 1.54) is 47.4 Å². The molecule has 3 fully saturated rings. The summed E-state index contributed by atoms with van der Waals surface area (Å²) in [6.07, 6.45) is 2.96. The average molecular weight is 448 g/mol. The Morgan fingerprint density at radius 2 is 1.61 bits per heavy atom. The van der Waals surface area contributed by atoms with Crippen LogP contribution >= 0.6 is 0 Å². The molecule has 2 amide bonds. The second kappa shape index (κ2) is 7.91. The second-order valence-corrected chi connectivity index (χ2v) is 8.75. The Morgan fingerprint density at radius 1 is 0.970 bits per heavy atom. The zero-order valence-corrected chi connectivity index (χ0v) is 17.5. The number of rotatable bonds is 6. The van der Waals surface area contributed by atoms with Gasteiger partial charge in [0.15, 0.2) is 6.61 Å². The highest BCUT2D eigenvalue weighted by molar-refractivity contribution is 6.22. The van der Waals surface area contributed by atoms with E-state index in [2.05, 4.69) is 0 Å². The smallest absolute Gasteiger partial charge is 0.338 e. The van der Waals surface area contributed by atoms with Gasteiger partial charge in [-0.05, 0) is 55.4 Å². The zero-order valence-electron chi connectivity index (χ0n) is 17.5. The quantitative estimate of drug-likeness (QED) is 0.219. The first kappa shape index (κ1) is 21.0. The van der Waals surface area contributed by atoms with E-state index in [9.17, 15) is 29.3 Å². The van der Waals surface area contributed by atoms with Crippen LogP contribution in [0.3, 0.4) is 0 Å². The van der Waals surface area contributed by atoms with E-state index in [-0.39, 0.29) is 40.5 Å². The number of Topliss-reactive ketones (excluding diaryl/α,β-unsaturated/α-hetero) is 1. The van der Waals surface area contributed by atoms with Crippen molar-refractivity contribution in [3.05, 3.63) is 69.8 Å². The van der Waals surface area contributed by atoms with E-state index >= 15 is 0 Å². The van der Waals surface area contributed by atoms with Crippen molar-refractivity contribution in [3.63, 3.8) is 0 Å². The molecule has 0 N–H and O–H groups in total. The molecular weight excluding hydrogens is 428 g/mol. The summed E-state index contributed by atoms with van der Waals surface area (Å²) in [5.74, 6) is -1.50. The number of fused-ring (bicyclic) bond motifs is 5. The third-order valence-corrected chi connectivity index (χ3v) is 7.00. The molecule has 0 unspecified atom stereocenters. The van der Waals surface area contributed by atoms with Gasteiger partial charge in [0.05, 0.1) is 28.0 Å². The van der Waals surface area contributed by atoms with Gasteiger partial charge in [0.2, 0.25) is 17.6 Å². The van der Waals surface area contributed by atoms with Crippen molar-refractivity contribution in [1.82, 2.24) is 0 Å². The number of non-ortho nitro benzene ring substituents is 1. The van der Waals surface area contributed by atoms with E-state index < -0.39 is 23.3 Å². The number of ether oxygens (including phenoxy) is 1. The summed E-state index contributed by atoms with van der Waals surface area (Å²) in [6.45, 7) is -0.572. The second-order valence-electron chi connectivity index (χ2n) is 8.75. The van der Waals surface area contributed by atoms with E-state index in [1.807, 2.05) is 0 Å². The first-order chi connectivity index (χ1) is 15.8. The number of carbonyl (C=O) groups is 4. The van der Waals surface area contributed by atoms with Gasteiger partial charge in [-0.1, -0.05) is 12.1 Å². The van der Waals surface area contributed by atoms with Crippen LogP contribution in [-0.4, -0.2) is 35.1 Å². The zero-order chi connectivity index (χ0) is 23.3. The summed E-state index contributed by atoms with van der Waals surface area (Å²) >= 11 is 0. The normalized spacial score (nSPS) is 25.3. The van der Waals surface area contributed by atoms with Crippen molar-refractivity contribution in [1.29, 1.82) is 0 Å². The summed E-state index contributed by atoms with van der Waals surface area (Å²) in [4.78, 5) is 61.9. The number of esters is 1. The number of carbonyl (C=O) groups excluding carboxylic acids is 4. The Balaban J connectivity index is 1.24. The fourth-order valence-corrected chi connectivity index (χ4v) is 5.50. The molecule has 1 saturated heterocycles. The molecule has 0 aromatic heterocycles. The van der Waals surface area contributed by atoms with Gasteiger partial charge in [-0.2, -0.15) is 0 Å². The number of imide groups is 1. The van der Waals surface area contributed by atoms with Gasteiger partial charge in [0, 0.05) is 17.7 Å². The van der Waals surface area contributed by atoms with Crippen molar-refractivity contribution in [3.8, 4) is 0 Å². The Labute approximate surface area is 188 Å². The van der Waals surface area contributed by atoms with Gasteiger partial charge in [0.25, 0.3) is 5.69 Å². The van der Waals surface area contributed by atoms with Gasteiger partial charge >= 0.3 is 5.97 Å². The van der Waals surface area contributed by atoms with Crippen LogP contribution in [-0.2, 0) is 14.3 Å². The standard InChI is InChI=1S/C24H20N2O7/c27-19(14-2-1-3-18(11-14)26(31)32)12-33-24(30)13-6-8-17(9-7-13)25-22(28)20-15-4-5-16(10-15)21(20)23(25)29/h1-3,6-9,11,15-16,20-21H,4-5,10,12H2/t15-,16-,20+,21+/m0/s1. The number of nitro benzene ring substituents is 1. The van der Waals surface area contributed by atoms with Crippen molar-refractivity contribution >= 4 is 34.9 Å². The van der Waals surface area contributed by atoms with E-state index in [0.29, 0.717) is 17.5 Å². The van der Waals surface area contributed by atoms with Crippen LogP contribution in [0.15, 0.2) is 48.5 Å². The predicted octanol–water partition coefficient (Wildman–Crippen LogP) is 3.17. The van der Waals surface area contributed by atoms with Crippen LogP contribution in [0.4, 0.5) is 11.4 Å². The summed E-state index contributed by atoms with van der Waals surface area (Å²) in [6, 6.07) is 11.1. The third-order valence-electron chi connectivity index (χ3n) is 7.00. The number of benzene rings is 2. The minimum atomic E-state index is -0.755.